The molecular weight excluding hydrogens is 300 g/mol. The van der Waals surface area contributed by atoms with Crippen molar-refractivity contribution >= 4 is 11.8 Å². The normalized spacial score (nSPS) is 10.2. The highest BCUT2D eigenvalue weighted by molar-refractivity contribution is 5.95. The van der Waals surface area contributed by atoms with E-state index in [4.69, 9.17) is 0 Å². The summed E-state index contributed by atoms with van der Waals surface area (Å²) in [5, 5.41) is 2.83. The number of nitrogens with zero attached hydrogens (tertiary/aromatic N) is 1. The molecule has 24 heavy (non-hydrogen) atoms. The Hall–Kier alpha value is -2.62. The van der Waals surface area contributed by atoms with Gasteiger partial charge in [0.1, 0.15) is 0 Å². The number of benzene rings is 2. The Labute approximate surface area is 143 Å². The van der Waals surface area contributed by atoms with Crippen LogP contribution in [-0.4, -0.2) is 29.8 Å². The van der Waals surface area contributed by atoms with Gasteiger partial charge in [0.15, 0.2) is 0 Å². The molecule has 0 radical (unpaired) electrons. The molecule has 2 rings (SSSR count). The number of carbonyl (C=O) groups is 2. The van der Waals surface area contributed by atoms with Gasteiger partial charge in [-0.25, -0.2) is 0 Å². The van der Waals surface area contributed by atoms with E-state index in [1.54, 1.807) is 11.0 Å². The molecule has 0 aromatic heterocycles. The van der Waals surface area contributed by atoms with E-state index in [1.165, 1.54) is 0 Å². The summed E-state index contributed by atoms with van der Waals surface area (Å²) in [6.45, 7) is 5.46. The van der Waals surface area contributed by atoms with Gasteiger partial charge >= 0.3 is 0 Å². The van der Waals surface area contributed by atoms with Gasteiger partial charge in [-0.15, -0.1) is 0 Å². The first-order chi connectivity index (χ1) is 11.6. The Bertz CT molecular complexity index is 683. The summed E-state index contributed by atoms with van der Waals surface area (Å²) in [6.07, 6.45) is 0.304. The molecule has 0 aliphatic heterocycles. The van der Waals surface area contributed by atoms with Gasteiger partial charge in [0, 0.05) is 31.6 Å². The average molecular weight is 324 g/mol. The number of amides is 2. The second kappa shape index (κ2) is 8.87. The minimum Gasteiger partial charge on any atom is -0.352 e. The lowest BCUT2D eigenvalue weighted by atomic mass is 10.1. The first-order valence-corrected chi connectivity index (χ1v) is 8.27. The van der Waals surface area contributed by atoms with Crippen LogP contribution in [0.1, 0.15) is 34.8 Å². The number of aryl methyl sites for hydroxylation is 1. The summed E-state index contributed by atoms with van der Waals surface area (Å²) in [4.78, 5) is 26.3. The molecule has 0 saturated heterocycles. The molecule has 0 aliphatic carbocycles. The molecular formula is C20H24N2O2. The Morgan fingerprint density at radius 2 is 1.67 bits per heavy atom. The number of carbonyl (C=O) groups excluding carboxylic acids is 2. The highest BCUT2D eigenvalue weighted by Crippen LogP contribution is 2.07. The molecule has 0 spiro atoms. The third-order valence-electron chi connectivity index (χ3n) is 3.96. The molecule has 0 fully saturated rings. The highest BCUT2D eigenvalue weighted by Gasteiger charge is 2.13. The third kappa shape index (κ3) is 4.95. The van der Waals surface area contributed by atoms with Crippen molar-refractivity contribution in [2.24, 2.45) is 0 Å². The van der Waals surface area contributed by atoms with Gasteiger partial charge in [-0.1, -0.05) is 48.5 Å². The van der Waals surface area contributed by atoms with Gasteiger partial charge in [-0.2, -0.15) is 0 Å². The van der Waals surface area contributed by atoms with Crippen molar-refractivity contribution in [3.05, 3.63) is 71.3 Å². The van der Waals surface area contributed by atoms with Gasteiger partial charge < -0.3 is 10.2 Å². The maximum atomic E-state index is 12.3. The van der Waals surface area contributed by atoms with Crippen LogP contribution in [0.2, 0.25) is 0 Å². The Morgan fingerprint density at radius 1 is 1.00 bits per heavy atom. The summed E-state index contributed by atoms with van der Waals surface area (Å²) < 4.78 is 0. The zero-order valence-corrected chi connectivity index (χ0v) is 14.3. The zero-order chi connectivity index (χ0) is 17.4. The number of rotatable bonds is 7. The summed E-state index contributed by atoms with van der Waals surface area (Å²) >= 11 is 0. The van der Waals surface area contributed by atoms with Crippen LogP contribution in [0.25, 0.3) is 0 Å². The Balaban J connectivity index is 1.83. The fourth-order valence-corrected chi connectivity index (χ4v) is 2.54. The number of hydrogen-bond acceptors (Lipinski definition) is 2. The molecule has 0 unspecified atom stereocenters. The van der Waals surface area contributed by atoms with Crippen LogP contribution in [0.3, 0.4) is 0 Å². The molecule has 1 N–H and O–H groups in total. The van der Waals surface area contributed by atoms with Crippen LogP contribution in [0.5, 0.6) is 0 Å². The third-order valence-corrected chi connectivity index (χ3v) is 3.96. The smallest absolute Gasteiger partial charge is 0.251 e. The zero-order valence-electron chi connectivity index (χ0n) is 14.3. The molecule has 126 valence electrons. The van der Waals surface area contributed by atoms with Crippen molar-refractivity contribution in [3.8, 4) is 0 Å². The lowest BCUT2D eigenvalue weighted by Crippen LogP contribution is -2.34. The van der Waals surface area contributed by atoms with Crippen molar-refractivity contribution in [3.63, 3.8) is 0 Å². The van der Waals surface area contributed by atoms with Crippen LogP contribution < -0.4 is 5.32 Å². The largest absolute Gasteiger partial charge is 0.352 e. The van der Waals surface area contributed by atoms with Gasteiger partial charge in [-0.05, 0) is 31.0 Å². The lowest BCUT2D eigenvalue weighted by molar-refractivity contribution is -0.131. The molecule has 0 bridgehead atoms. The minimum absolute atomic E-state index is 0.0476. The van der Waals surface area contributed by atoms with E-state index in [2.05, 4.69) is 5.32 Å². The van der Waals surface area contributed by atoms with Gasteiger partial charge in [0.25, 0.3) is 5.91 Å². The summed E-state index contributed by atoms with van der Waals surface area (Å²) in [7, 11) is 0. The molecule has 2 aromatic carbocycles. The number of nitrogens with one attached hydrogen (secondary N) is 1. The van der Waals surface area contributed by atoms with Crippen molar-refractivity contribution in [2.45, 2.75) is 26.8 Å². The fourth-order valence-electron chi connectivity index (χ4n) is 2.54. The first-order valence-electron chi connectivity index (χ1n) is 8.27. The van der Waals surface area contributed by atoms with Gasteiger partial charge in [-0.3, -0.25) is 9.59 Å². The maximum absolute atomic E-state index is 12.3. The van der Waals surface area contributed by atoms with Gasteiger partial charge in [0.05, 0.1) is 0 Å². The van der Waals surface area contributed by atoms with Crippen LogP contribution in [0.15, 0.2) is 54.6 Å². The second-order valence-electron chi connectivity index (χ2n) is 5.71. The first kappa shape index (κ1) is 17.7. The van der Waals surface area contributed by atoms with Crippen LogP contribution in [0.4, 0.5) is 0 Å². The molecule has 0 saturated carbocycles. The standard InChI is InChI=1S/C20H24N2O2/c1-3-22(15-17-10-5-4-6-11-17)19(23)13-14-21-20(24)18-12-8-7-9-16(18)2/h4-12H,3,13-15H2,1-2H3,(H,21,24). The molecule has 0 heterocycles. The predicted octanol–water partition coefficient (Wildman–Crippen LogP) is 3.16. The number of hydrogen-bond donors (Lipinski definition) is 1. The lowest BCUT2D eigenvalue weighted by Gasteiger charge is -2.21. The fraction of sp³-hybridized carbons (Fsp3) is 0.300. The Kier molecular flexibility index (Phi) is 6.55. The predicted molar refractivity (Wildman–Crippen MR) is 95.7 cm³/mol. The minimum atomic E-state index is -0.132. The van der Waals surface area contributed by atoms with E-state index < -0.39 is 0 Å². The molecule has 0 aliphatic rings. The van der Waals surface area contributed by atoms with E-state index in [1.807, 2.05) is 62.4 Å². The van der Waals surface area contributed by atoms with Crippen molar-refractivity contribution in [1.29, 1.82) is 0 Å². The average Bonchev–Trinajstić information content (AvgIpc) is 2.60. The van der Waals surface area contributed by atoms with E-state index in [-0.39, 0.29) is 11.8 Å². The SMILES string of the molecule is CCN(Cc1ccccc1)C(=O)CCNC(=O)c1ccccc1C. The van der Waals surface area contributed by atoms with Crippen LogP contribution >= 0.6 is 0 Å². The highest BCUT2D eigenvalue weighted by atomic mass is 16.2. The van der Waals surface area contributed by atoms with Crippen LogP contribution in [-0.2, 0) is 11.3 Å². The summed E-state index contributed by atoms with van der Waals surface area (Å²) in [5.41, 5.74) is 2.69. The quantitative estimate of drug-likeness (QED) is 0.850. The monoisotopic (exact) mass is 324 g/mol. The maximum Gasteiger partial charge on any atom is 0.251 e. The summed E-state index contributed by atoms with van der Waals surface area (Å²) in [6, 6.07) is 17.4. The van der Waals surface area contributed by atoms with Crippen molar-refractivity contribution < 1.29 is 9.59 Å². The van der Waals surface area contributed by atoms with E-state index in [9.17, 15) is 9.59 Å². The topological polar surface area (TPSA) is 49.4 Å². The van der Waals surface area contributed by atoms with E-state index >= 15 is 0 Å². The molecule has 4 nitrogen and oxygen atoms in total. The van der Waals surface area contributed by atoms with Crippen molar-refractivity contribution in [1.82, 2.24) is 10.2 Å². The van der Waals surface area contributed by atoms with Crippen molar-refractivity contribution in [2.75, 3.05) is 13.1 Å². The molecule has 2 amide bonds. The second-order valence-corrected chi connectivity index (χ2v) is 5.71. The van der Waals surface area contributed by atoms with Crippen LogP contribution in [0, 0.1) is 6.92 Å². The Morgan fingerprint density at radius 3 is 2.33 bits per heavy atom. The van der Waals surface area contributed by atoms with E-state index in [0.717, 1.165) is 11.1 Å². The molecule has 0 atom stereocenters. The van der Waals surface area contributed by atoms with E-state index in [0.29, 0.717) is 31.6 Å². The molecule has 4 heteroatoms. The molecule has 2 aromatic rings. The van der Waals surface area contributed by atoms with Gasteiger partial charge in [0.2, 0.25) is 5.91 Å². The summed E-state index contributed by atoms with van der Waals surface area (Å²) in [5.74, 6) is -0.0848.